The Morgan fingerprint density at radius 1 is 1.26 bits per heavy atom. The zero-order valence-electron chi connectivity index (χ0n) is 15.0. The number of piperidine rings is 1. The molecule has 1 aromatic rings. The predicted molar refractivity (Wildman–Crippen MR) is 97.9 cm³/mol. The molecule has 0 atom stereocenters. The molecule has 1 aromatic carbocycles. The first-order chi connectivity index (χ1) is 11.0. The normalized spacial score (nSPS) is 16.7. The number of nitrogens with one attached hydrogen (secondary N) is 1. The van der Waals surface area contributed by atoms with Crippen molar-refractivity contribution < 1.29 is 4.74 Å². The molecule has 3 heteroatoms. The van der Waals surface area contributed by atoms with E-state index >= 15 is 0 Å². The van der Waals surface area contributed by atoms with Crippen molar-refractivity contribution in [2.75, 3.05) is 26.2 Å². The standard InChI is InChI=1S/C20H32N2O/c1-16(2)14-22-11-9-19(10-12-22)21-13-18-5-7-20(8-6-18)23-15-17(3)4/h5-8,17,19,21H,1,9-15H2,2-4H3. The van der Waals surface area contributed by atoms with Crippen LogP contribution in [0.1, 0.15) is 39.2 Å². The third-order valence-corrected chi connectivity index (χ3v) is 4.18. The molecule has 0 saturated carbocycles. The van der Waals surface area contributed by atoms with Crippen molar-refractivity contribution in [1.29, 1.82) is 0 Å². The van der Waals surface area contributed by atoms with E-state index in [1.54, 1.807) is 0 Å². The molecule has 128 valence electrons. The highest BCUT2D eigenvalue weighted by atomic mass is 16.5. The van der Waals surface area contributed by atoms with Crippen molar-refractivity contribution in [3.8, 4) is 5.75 Å². The summed E-state index contributed by atoms with van der Waals surface area (Å²) in [7, 11) is 0. The van der Waals surface area contributed by atoms with E-state index in [0.29, 0.717) is 12.0 Å². The van der Waals surface area contributed by atoms with Crippen molar-refractivity contribution in [3.63, 3.8) is 0 Å². The van der Waals surface area contributed by atoms with E-state index in [-0.39, 0.29) is 0 Å². The lowest BCUT2D eigenvalue weighted by Crippen LogP contribution is -2.42. The highest BCUT2D eigenvalue weighted by molar-refractivity contribution is 5.27. The molecule has 3 nitrogen and oxygen atoms in total. The highest BCUT2D eigenvalue weighted by Crippen LogP contribution is 2.15. The number of benzene rings is 1. The van der Waals surface area contributed by atoms with Crippen LogP contribution in [-0.4, -0.2) is 37.2 Å². The smallest absolute Gasteiger partial charge is 0.119 e. The summed E-state index contributed by atoms with van der Waals surface area (Å²) < 4.78 is 5.73. The van der Waals surface area contributed by atoms with Gasteiger partial charge >= 0.3 is 0 Å². The van der Waals surface area contributed by atoms with E-state index in [1.165, 1.54) is 37.1 Å². The van der Waals surface area contributed by atoms with E-state index < -0.39 is 0 Å². The molecule has 1 aliphatic rings. The Morgan fingerprint density at radius 3 is 2.48 bits per heavy atom. The van der Waals surface area contributed by atoms with Crippen LogP contribution in [0, 0.1) is 5.92 Å². The van der Waals surface area contributed by atoms with E-state index in [9.17, 15) is 0 Å². The number of likely N-dealkylation sites (tertiary alicyclic amines) is 1. The average molecular weight is 316 g/mol. The van der Waals surface area contributed by atoms with Gasteiger partial charge in [-0.3, -0.25) is 4.90 Å². The van der Waals surface area contributed by atoms with Gasteiger partial charge in [-0.1, -0.05) is 38.1 Å². The highest BCUT2D eigenvalue weighted by Gasteiger charge is 2.18. The second-order valence-electron chi connectivity index (χ2n) is 7.24. The molecule has 1 N–H and O–H groups in total. The van der Waals surface area contributed by atoms with Crippen LogP contribution >= 0.6 is 0 Å². The monoisotopic (exact) mass is 316 g/mol. The summed E-state index contributed by atoms with van der Waals surface area (Å²) in [5.41, 5.74) is 2.59. The summed E-state index contributed by atoms with van der Waals surface area (Å²) in [4.78, 5) is 2.50. The fourth-order valence-electron chi connectivity index (χ4n) is 2.91. The first-order valence-electron chi connectivity index (χ1n) is 8.85. The van der Waals surface area contributed by atoms with E-state index in [0.717, 1.165) is 25.4 Å². The Labute approximate surface area is 141 Å². The van der Waals surface area contributed by atoms with Gasteiger partial charge in [-0.25, -0.2) is 0 Å². The predicted octanol–water partition coefficient (Wildman–Crippen LogP) is 3.85. The lowest BCUT2D eigenvalue weighted by Gasteiger charge is -2.32. The summed E-state index contributed by atoms with van der Waals surface area (Å²) in [6.07, 6.45) is 2.45. The molecule has 2 rings (SSSR count). The van der Waals surface area contributed by atoms with Crippen LogP contribution in [0.25, 0.3) is 0 Å². The maximum Gasteiger partial charge on any atom is 0.119 e. The van der Waals surface area contributed by atoms with Gasteiger partial charge in [0.1, 0.15) is 5.75 Å². The number of rotatable bonds is 8. The quantitative estimate of drug-likeness (QED) is 0.737. The summed E-state index contributed by atoms with van der Waals surface area (Å²) in [5, 5.41) is 3.69. The summed E-state index contributed by atoms with van der Waals surface area (Å²) >= 11 is 0. The van der Waals surface area contributed by atoms with Crippen LogP contribution in [-0.2, 0) is 6.54 Å². The van der Waals surface area contributed by atoms with Gasteiger partial charge in [0.05, 0.1) is 6.61 Å². The molecule has 0 amide bonds. The van der Waals surface area contributed by atoms with Crippen LogP contribution in [0.3, 0.4) is 0 Å². The molecule has 0 radical (unpaired) electrons. The molecule has 1 heterocycles. The first kappa shape index (κ1) is 18.0. The molecule has 0 unspecified atom stereocenters. The minimum atomic E-state index is 0.562. The van der Waals surface area contributed by atoms with Gasteiger partial charge in [-0.2, -0.15) is 0 Å². The van der Waals surface area contributed by atoms with Crippen molar-refractivity contribution in [3.05, 3.63) is 42.0 Å². The van der Waals surface area contributed by atoms with Gasteiger partial charge in [0.25, 0.3) is 0 Å². The van der Waals surface area contributed by atoms with Gasteiger partial charge in [-0.15, -0.1) is 0 Å². The fraction of sp³-hybridized carbons (Fsp3) is 0.600. The first-order valence-corrected chi connectivity index (χ1v) is 8.85. The molecule has 0 aromatic heterocycles. The van der Waals surface area contributed by atoms with E-state index in [2.05, 4.69) is 61.8 Å². The van der Waals surface area contributed by atoms with Gasteiger partial charge < -0.3 is 10.1 Å². The largest absolute Gasteiger partial charge is 0.493 e. The number of ether oxygens (including phenoxy) is 1. The molecule has 23 heavy (non-hydrogen) atoms. The fourth-order valence-corrected chi connectivity index (χ4v) is 2.91. The molecule has 1 saturated heterocycles. The zero-order valence-corrected chi connectivity index (χ0v) is 15.0. The molecular formula is C20H32N2O. The number of hydrogen-bond donors (Lipinski definition) is 1. The van der Waals surface area contributed by atoms with Crippen LogP contribution in [0.5, 0.6) is 5.75 Å². The Balaban J connectivity index is 1.69. The molecule has 1 aliphatic heterocycles. The third-order valence-electron chi connectivity index (χ3n) is 4.18. The van der Waals surface area contributed by atoms with Crippen LogP contribution in [0.2, 0.25) is 0 Å². The minimum Gasteiger partial charge on any atom is -0.493 e. The second-order valence-corrected chi connectivity index (χ2v) is 7.24. The van der Waals surface area contributed by atoms with Crippen LogP contribution < -0.4 is 10.1 Å². The molecule has 1 fully saturated rings. The summed E-state index contributed by atoms with van der Waals surface area (Å²) in [5.74, 6) is 1.53. The Morgan fingerprint density at radius 2 is 1.91 bits per heavy atom. The van der Waals surface area contributed by atoms with Gasteiger partial charge in [-0.05, 0) is 56.5 Å². The maximum atomic E-state index is 5.73. The van der Waals surface area contributed by atoms with Crippen molar-refractivity contribution in [1.82, 2.24) is 10.2 Å². The Bertz CT molecular complexity index is 473. The van der Waals surface area contributed by atoms with Crippen LogP contribution in [0.15, 0.2) is 36.4 Å². The van der Waals surface area contributed by atoms with Gasteiger partial charge in [0.2, 0.25) is 0 Å². The average Bonchev–Trinajstić information content (AvgIpc) is 2.53. The van der Waals surface area contributed by atoms with Crippen molar-refractivity contribution in [2.24, 2.45) is 5.92 Å². The van der Waals surface area contributed by atoms with Gasteiger partial charge in [0.15, 0.2) is 0 Å². The molecule has 0 bridgehead atoms. The van der Waals surface area contributed by atoms with E-state index in [4.69, 9.17) is 4.74 Å². The summed E-state index contributed by atoms with van der Waals surface area (Å²) in [6.45, 7) is 15.6. The number of hydrogen-bond acceptors (Lipinski definition) is 3. The zero-order chi connectivity index (χ0) is 16.7. The van der Waals surface area contributed by atoms with Gasteiger partial charge in [0, 0.05) is 19.1 Å². The lowest BCUT2D eigenvalue weighted by atomic mass is 10.0. The van der Waals surface area contributed by atoms with E-state index in [1.807, 2.05) is 0 Å². The topological polar surface area (TPSA) is 24.5 Å². The second kappa shape index (κ2) is 9.09. The molecular weight excluding hydrogens is 284 g/mol. The Hall–Kier alpha value is -1.32. The third kappa shape index (κ3) is 6.76. The minimum absolute atomic E-state index is 0.562. The molecule has 0 aliphatic carbocycles. The van der Waals surface area contributed by atoms with Crippen LogP contribution in [0.4, 0.5) is 0 Å². The van der Waals surface area contributed by atoms with Crippen molar-refractivity contribution >= 4 is 0 Å². The number of nitrogens with zero attached hydrogens (tertiary/aromatic N) is 1. The molecule has 0 spiro atoms. The summed E-state index contributed by atoms with van der Waals surface area (Å²) in [6, 6.07) is 9.12. The maximum absolute atomic E-state index is 5.73. The SMILES string of the molecule is C=C(C)CN1CCC(NCc2ccc(OCC(C)C)cc2)CC1. The lowest BCUT2D eigenvalue weighted by molar-refractivity contribution is 0.211. The van der Waals surface area contributed by atoms with Crippen molar-refractivity contribution in [2.45, 2.75) is 46.2 Å². The Kier molecular flexibility index (Phi) is 7.13.